The second-order valence-electron chi connectivity index (χ2n) is 34.9. The summed E-state index contributed by atoms with van der Waals surface area (Å²) in [6, 6.07) is 2.12. The lowest BCUT2D eigenvalue weighted by Crippen LogP contribution is -2.45. The average Bonchev–Trinajstić information content (AvgIpc) is 1.66. The van der Waals surface area contributed by atoms with Crippen molar-refractivity contribution in [1.29, 1.82) is 0 Å². The maximum atomic E-state index is 12.6. The second kappa shape index (κ2) is 64.4. The third-order valence-corrected chi connectivity index (χ3v) is 20.8. The minimum atomic E-state index is -0.532. The number of morpholine rings is 1. The molecule has 0 amide bonds. The zero-order valence-corrected chi connectivity index (χ0v) is 74.5. The molecule has 10 saturated heterocycles. The molecule has 0 aromatic heterocycles. The molecule has 10 aliphatic heterocycles. The molecule has 0 aliphatic carbocycles. The van der Waals surface area contributed by atoms with Gasteiger partial charge in [-0.2, -0.15) is 0 Å². The molecule has 0 aromatic rings. The Morgan fingerprint density at radius 2 is 0.632 bits per heavy atom. The maximum Gasteiger partial charge on any atom is 0.103 e. The van der Waals surface area contributed by atoms with Crippen molar-refractivity contribution < 1.29 is 42.3 Å². The van der Waals surface area contributed by atoms with Gasteiger partial charge in [-0.25, -0.2) is 4.39 Å². The molecule has 0 aromatic carbocycles. The Hall–Kier alpha value is -0.870. The van der Waals surface area contributed by atoms with Gasteiger partial charge in [0, 0.05) is 136 Å². The number of rotatable bonds is 24. The van der Waals surface area contributed by atoms with Gasteiger partial charge in [0.1, 0.15) is 6.17 Å². The van der Waals surface area contributed by atoms with E-state index in [9.17, 15) is 4.39 Å². The van der Waals surface area contributed by atoms with E-state index in [2.05, 4.69) is 233 Å². The number of piperidine rings is 3. The first-order valence-corrected chi connectivity index (χ1v) is 43.4. The predicted octanol–water partition coefficient (Wildman–Crippen LogP) is 13.0. The van der Waals surface area contributed by atoms with E-state index in [-0.39, 0.29) is 0 Å². The number of likely N-dealkylation sites (tertiary alicyclic amines) is 7. The molecule has 20 nitrogen and oxygen atoms in total. The fraction of sp³-hybridized carbons (Fsp3) is 1.00. The quantitative estimate of drug-likeness (QED) is 0.0985. The summed E-state index contributed by atoms with van der Waals surface area (Å²) in [6.45, 7) is 80.8. The predicted molar refractivity (Wildman–Crippen MR) is 448 cm³/mol. The van der Waals surface area contributed by atoms with Crippen molar-refractivity contribution in [2.45, 2.75) is 289 Å². The van der Waals surface area contributed by atoms with Crippen LogP contribution >= 0.6 is 0 Å². The number of nitrogens with one attached hydrogen (secondary N) is 1. The van der Waals surface area contributed by atoms with E-state index >= 15 is 0 Å². The summed E-state index contributed by atoms with van der Waals surface area (Å²) in [5.74, 6) is 3.31. The molecule has 10 fully saturated rings. The van der Waals surface area contributed by atoms with Crippen molar-refractivity contribution in [3.05, 3.63) is 0 Å². The summed E-state index contributed by atoms with van der Waals surface area (Å²) in [5.41, 5.74) is 0. The molecular weight excluding hydrogens is 1340 g/mol. The number of ether oxygens (including phenoxy) is 8. The first kappa shape index (κ1) is 103. The highest BCUT2D eigenvalue weighted by molar-refractivity contribution is 4.78. The molecule has 10 aliphatic rings. The summed E-state index contributed by atoms with van der Waals surface area (Å²) in [5, 5.41) is 3.31. The number of piperazine rings is 2. The number of halogens is 1. The third-order valence-electron chi connectivity index (χ3n) is 20.8. The normalized spacial score (nSPS) is 23.6. The Labute approximate surface area is 656 Å². The van der Waals surface area contributed by atoms with Crippen molar-refractivity contribution in [3.8, 4) is 0 Å². The highest BCUT2D eigenvalue weighted by Gasteiger charge is 2.24. The van der Waals surface area contributed by atoms with Crippen molar-refractivity contribution in [1.82, 2.24) is 59.2 Å². The smallest absolute Gasteiger partial charge is 0.103 e. The standard InChI is InChI=1S/C10H21NO.C9H20N2O.3C9H19NO.C8H16FN.C8H18N2O.C8H17NO2.C8H17N.C7H15N/c1-9(2)12-8-10-4-6-11(3)7-5-10;1-9(2)12-8-11-6-4-10(3)5-7-11;2*1-8(2)11-7-9-4-5-10(3)6-9;1-9(2)11-8-10-6-4-3-5-7-10;1-7(2)10-5-3-8(9)4-6-10;1-8(2)11-7-10-5-3-9-4-6-10;1-8(2)11-7-9-3-5-10-6-4-9;1-7(2)9-5-4-8(3)6-9;1-7(2)8-5-3-4-6-8/h9-10H,4-8H2,1-3H3;9H,4-8H2,1-3H3;2*8-9H,4-7H2,1-3H3;9H,3-8H2,1-2H3;7-8H,3-6H2,1-2H3;8-9H,3-7H2,1-2H3;8H,3-7H2,1-2H3;7-8H,4-6H2,1-3H3;7H,3-6H2,1-2H3. The van der Waals surface area contributed by atoms with Gasteiger partial charge >= 0.3 is 0 Å². The summed E-state index contributed by atoms with van der Waals surface area (Å²) in [7, 11) is 8.71. The van der Waals surface area contributed by atoms with Gasteiger partial charge in [-0.05, 0) is 307 Å². The first-order valence-electron chi connectivity index (χ1n) is 43.4. The van der Waals surface area contributed by atoms with E-state index in [1.807, 2.05) is 0 Å². The van der Waals surface area contributed by atoms with E-state index in [4.69, 9.17) is 37.9 Å². The molecule has 106 heavy (non-hydrogen) atoms. The average molecular weight is 1520 g/mol. The van der Waals surface area contributed by atoms with Gasteiger partial charge in [-0.15, -0.1) is 0 Å². The van der Waals surface area contributed by atoms with Crippen LogP contribution < -0.4 is 5.32 Å². The Balaban J connectivity index is 0.000000590. The number of hydrogen-bond acceptors (Lipinski definition) is 20. The van der Waals surface area contributed by atoms with Crippen molar-refractivity contribution in [2.24, 2.45) is 23.7 Å². The molecule has 0 spiro atoms. The molecular formula is C85H181FN12O8. The van der Waals surface area contributed by atoms with E-state index < -0.39 is 6.17 Å². The SMILES string of the molecule is CC(C)N1CCC(F)CC1.CC(C)N1CCCC1.CC(C)OCC1CCN(C)C1.CC(C)OCC1CCN(C)C1.CC(C)OCC1CCN(C)CC1.CC(C)OCN1CCCCC1.CC(C)OCN1CCN(C)CC1.CC(C)OCN1CCNCC1.CC(C)OCN1CCOCC1.CC1CCN(C(C)C)C1. The van der Waals surface area contributed by atoms with Crippen LogP contribution in [0.15, 0.2) is 0 Å². The summed E-state index contributed by atoms with van der Waals surface area (Å²) >= 11 is 0. The fourth-order valence-corrected chi connectivity index (χ4v) is 13.3. The summed E-state index contributed by atoms with van der Waals surface area (Å²) < 4.78 is 56.5. The lowest BCUT2D eigenvalue weighted by atomic mass is 9.98. The summed E-state index contributed by atoms with van der Waals surface area (Å²) in [4.78, 5) is 26.2. The molecule has 21 heteroatoms. The van der Waals surface area contributed by atoms with Gasteiger partial charge < -0.3 is 77.5 Å². The Morgan fingerprint density at radius 3 is 0.972 bits per heavy atom. The van der Waals surface area contributed by atoms with Gasteiger partial charge in [0.2, 0.25) is 0 Å². The largest absolute Gasteiger partial charge is 0.379 e. The van der Waals surface area contributed by atoms with Crippen LogP contribution in [0.25, 0.3) is 0 Å². The van der Waals surface area contributed by atoms with Crippen LogP contribution in [-0.2, 0) is 37.9 Å². The topological polar surface area (TPSA) is 122 Å². The third kappa shape index (κ3) is 59.8. The van der Waals surface area contributed by atoms with Crippen LogP contribution in [0.3, 0.4) is 0 Å². The van der Waals surface area contributed by atoms with Crippen LogP contribution in [0.4, 0.5) is 4.39 Å². The van der Waals surface area contributed by atoms with Gasteiger partial charge in [0.25, 0.3) is 0 Å². The van der Waals surface area contributed by atoms with Crippen LogP contribution in [0.1, 0.15) is 222 Å². The Morgan fingerprint density at radius 1 is 0.311 bits per heavy atom. The van der Waals surface area contributed by atoms with Crippen LogP contribution in [0.5, 0.6) is 0 Å². The number of likely N-dealkylation sites (N-methyl/N-ethyl adjacent to an activating group) is 1. The highest BCUT2D eigenvalue weighted by atomic mass is 19.1. The molecule has 10 rings (SSSR count). The zero-order valence-electron chi connectivity index (χ0n) is 74.5. The minimum Gasteiger partial charge on any atom is -0.379 e. The van der Waals surface area contributed by atoms with Crippen molar-refractivity contribution >= 4 is 0 Å². The summed E-state index contributed by atoms with van der Waals surface area (Å²) in [6.07, 6.45) is 17.1. The van der Waals surface area contributed by atoms with Crippen molar-refractivity contribution in [3.63, 3.8) is 0 Å². The van der Waals surface area contributed by atoms with Gasteiger partial charge in [0.15, 0.2) is 0 Å². The van der Waals surface area contributed by atoms with E-state index in [1.165, 1.54) is 156 Å². The molecule has 10 heterocycles. The Bertz CT molecular complexity index is 1740. The molecule has 0 bridgehead atoms. The lowest BCUT2D eigenvalue weighted by molar-refractivity contribution is -0.0511. The minimum absolute atomic E-state index is 0.331. The zero-order chi connectivity index (χ0) is 79.2. The number of hydrogen-bond donors (Lipinski definition) is 1. The molecule has 1 N–H and O–H groups in total. The molecule has 3 atom stereocenters. The highest BCUT2D eigenvalue weighted by Crippen LogP contribution is 2.20. The van der Waals surface area contributed by atoms with Crippen LogP contribution in [0.2, 0.25) is 0 Å². The van der Waals surface area contributed by atoms with Crippen molar-refractivity contribution in [2.75, 3.05) is 245 Å². The lowest BCUT2D eigenvalue weighted by Gasteiger charge is -2.32. The van der Waals surface area contributed by atoms with E-state index in [0.29, 0.717) is 48.8 Å². The van der Waals surface area contributed by atoms with Gasteiger partial charge in [0.05, 0.1) is 96.1 Å². The van der Waals surface area contributed by atoms with Gasteiger partial charge in [-0.3, -0.25) is 19.6 Å². The molecule has 0 radical (unpaired) electrons. The maximum absolute atomic E-state index is 12.6. The first-order chi connectivity index (χ1) is 50.3. The Kier molecular flexibility index (Phi) is 62.7. The molecule has 636 valence electrons. The van der Waals surface area contributed by atoms with Crippen LogP contribution in [0, 0.1) is 23.7 Å². The van der Waals surface area contributed by atoms with E-state index in [1.54, 1.807) is 0 Å². The van der Waals surface area contributed by atoms with Crippen LogP contribution in [-0.4, -0.2) is 366 Å². The number of alkyl halides is 1. The second-order valence-corrected chi connectivity index (χ2v) is 34.9. The monoisotopic (exact) mass is 1520 g/mol. The molecule has 0 saturated carbocycles. The fourth-order valence-electron chi connectivity index (χ4n) is 13.3. The van der Waals surface area contributed by atoms with E-state index in [0.717, 1.165) is 174 Å². The molecule has 3 unspecified atom stereocenters. The number of nitrogens with zero attached hydrogens (tertiary/aromatic N) is 11. The van der Waals surface area contributed by atoms with Gasteiger partial charge in [-0.1, -0.05) is 13.3 Å².